The van der Waals surface area contributed by atoms with Gasteiger partial charge in [0.2, 0.25) is 5.91 Å². The van der Waals surface area contributed by atoms with Gasteiger partial charge in [0.05, 0.1) is 12.1 Å². The van der Waals surface area contributed by atoms with Crippen LogP contribution in [-0.4, -0.2) is 37.3 Å². The Hall–Kier alpha value is -2.61. The van der Waals surface area contributed by atoms with E-state index in [0.717, 1.165) is 0 Å². The number of hydrogen-bond donors (Lipinski definition) is 5. The molecule has 1 aromatic heterocycles. The number of rotatable bonds is 5. The van der Waals surface area contributed by atoms with Gasteiger partial charge in [-0.25, -0.2) is 4.98 Å². The average Bonchev–Trinajstić information content (AvgIpc) is 2.97. The van der Waals surface area contributed by atoms with E-state index in [1.807, 2.05) is 0 Å². The normalized spacial score (nSPS) is 13.6. The van der Waals surface area contributed by atoms with E-state index in [2.05, 4.69) is 20.5 Å². The number of nitrogens with zero attached hydrogens (tertiary/aromatic N) is 2. The van der Waals surface area contributed by atoms with Crippen molar-refractivity contribution in [3.05, 3.63) is 35.9 Å². The van der Waals surface area contributed by atoms with Crippen molar-refractivity contribution < 1.29 is 15.0 Å². The van der Waals surface area contributed by atoms with Crippen molar-refractivity contribution in [3.8, 4) is 11.5 Å². The van der Waals surface area contributed by atoms with E-state index in [9.17, 15) is 15.0 Å². The molecule has 8 heteroatoms. The van der Waals surface area contributed by atoms with E-state index in [-0.39, 0.29) is 29.9 Å². The predicted molar refractivity (Wildman–Crippen MR) is 74.4 cm³/mol. The molecule has 0 saturated heterocycles. The lowest BCUT2D eigenvalue weighted by Gasteiger charge is -2.16. The van der Waals surface area contributed by atoms with E-state index in [0.29, 0.717) is 11.4 Å². The summed E-state index contributed by atoms with van der Waals surface area (Å²) in [5.41, 5.74) is 6.49. The molecule has 0 spiro atoms. The van der Waals surface area contributed by atoms with Gasteiger partial charge in [0.1, 0.15) is 12.2 Å². The summed E-state index contributed by atoms with van der Waals surface area (Å²) in [5.74, 6) is -0.254. The Morgan fingerprint density at radius 1 is 1.43 bits per heavy atom. The molecule has 1 unspecified atom stereocenters. The molecule has 0 radical (unpaired) electrons. The Kier molecular flexibility index (Phi) is 4.39. The Bertz CT molecular complexity index is 614. The first kappa shape index (κ1) is 14.8. The van der Waals surface area contributed by atoms with Gasteiger partial charge in [-0.05, 0) is 31.0 Å². The largest absolute Gasteiger partial charge is 0.504 e. The Morgan fingerprint density at radius 3 is 2.81 bits per heavy atom. The van der Waals surface area contributed by atoms with Crippen LogP contribution in [0.4, 0.5) is 0 Å². The zero-order valence-electron chi connectivity index (χ0n) is 11.4. The zero-order valence-corrected chi connectivity index (χ0v) is 11.4. The summed E-state index contributed by atoms with van der Waals surface area (Å²) in [6, 6.07) is 3.22. The number of aromatic nitrogens is 3. The summed E-state index contributed by atoms with van der Waals surface area (Å²) >= 11 is 0. The summed E-state index contributed by atoms with van der Waals surface area (Å²) in [4.78, 5) is 15.9. The molecule has 6 N–H and O–H groups in total. The summed E-state index contributed by atoms with van der Waals surface area (Å²) in [6.45, 7) is 1.76. The van der Waals surface area contributed by atoms with Crippen molar-refractivity contribution >= 4 is 5.91 Å². The molecule has 0 aliphatic heterocycles. The number of H-pyrrole nitrogens is 1. The van der Waals surface area contributed by atoms with Crippen LogP contribution in [0.15, 0.2) is 24.5 Å². The van der Waals surface area contributed by atoms with Crippen LogP contribution in [0, 0.1) is 0 Å². The van der Waals surface area contributed by atoms with Gasteiger partial charge in [0.25, 0.3) is 0 Å². The van der Waals surface area contributed by atoms with Gasteiger partial charge in [0.15, 0.2) is 11.5 Å². The molecule has 1 heterocycles. The molecule has 21 heavy (non-hydrogen) atoms. The molecule has 0 aliphatic rings. The summed E-state index contributed by atoms with van der Waals surface area (Å²) in [5, 5.41) is 27.7. The highest BCUT2D eigenvalue weighted by molar-refractivity contribution is 5.82. The van der Waals surface area contributed by atoms with Gasteiger partial charge in [-0.2, -0.15) is 5.10 Å². The van der Waals surface area contributed by atoms with Gasteiger partial charge in [0, 0.05) is 0 Å². The molecule has 2 rings (SSSR count). The molecule has 8 nitrogen and oxygen atoms in total. The summed E-state index contributed by atoms with van der Waals surface area (Å²) < 4.78 is 0. The van der Waals surface area contributed by atoms with Gasteiger partial charge in [-0.15, -0.1) is 0 Å². The van der Waals surface area contributed by atoms with Gasteiger partial charge >= 0.3 is 0 Å². The highest BCUT2D eigenvalue weighted by Crippen LogP contribution is 2.25. The van der Waals surface area contributed by atoms with Crippen LogP contribution < -0.4 is 11.1 Å². The molecule has 0 fully saturated rings. The molecule has 0 aliphatic carbocycles. The van der Waals surface area contributed by atoms with E-state index < -0.39 is 6.04 Å². The highest BCUT2D eigenvalue weighted by atomic mass is 16.3. The lowest BCUT2D eigenvalue weighted by atomic mass is 10.1. The third-order valence-electron chi connectivity index (χ3n) is 3.03. The quantitative estimate of drug-likeness (QED) is 0.490. The van der Waals surface area contributed by atoms with E-state index in [4.69, 9.17) is 5.73 Å². The second-order valence-electron chi connectivity index (χ2n) is 4.73. The maximum atomic E-state index is 12.0. The van der Waals surface area contributed by atoms with Gasteiger partial charge < -0.3 is 21.3 Å². The first-order valence-corrected chi connectivity index (χ1v) is 6.39. The monoisotopic (exact) mass is 291 g/mol. The maximum absolute atomic E-state index is 12.0. The van der Waals surface area contributed by atoms with Crippen molar-refractivity contribution in [3.63, 3.8) is 0 Å². The smallest absolute Gasteiger partial charge is 0.237 e. The maximum Gasteiger partial charge on any atom is 0.237 e. The Morgan fingerprint density at radius 2 is 2.19 bits per heavy atom. The van der Waals surface area contributed by atoms with Crippen LogP contribution in [0.3, 0.4) is 0 Å². The van der Waals surface area contributed by atoms with Crippen molar-refractivity contribution in [2.75, 3.05) is 0 Å². The first-order chi connectivity index (χ1) is 9.97. The van der Waals surface area contributed by atoms with E-state index in [1.165, 1.54) is 18.5 Å². The third kappa shape index (κ3) is 3.69. The first-order valence-electron chi connectivity index (χ1n) is 6.39. The minimum Gasteiger partial charge on any atom is -0.504 e. The Balaban J connectivity index is 1.94. The standard InChI is InChI=1S/C13H17N5O3/c1-7(12-15-6-16-18-12)17-13(21)9(14)4-8-2-3-10(19)11(20)5-8/h2-3,5-7,9,19-20H,4,14H2,1H3,(H,17,21)(H,15,16,18)/t7?,9-/m0/s1. The van der Waals surface area contributed by atoms with Crippen molar-refractivity contribution in [1.82, 2.24) is 20.5 Å². The van der Waals surface area contributed by atoms with Crippen LogP contribution in [-0.2, 0) is 11.2 Å². The van der Waals surface area contributed by atoms with Crippen molar-refractivity contribution in [2.45, 2.75) is 25.4 Å². The molecule has 0 bridgehead atoms. The van der Waals surface area contributed by atoms with Crippen molar-refractivity contribution in [1.29, 1.82) is 0 Å². The van der Waals surface area contributed by atoms with Crippen LogP contribution >= 0.6 is 0 Å². The SMILES string of the molecule is CC(NC(=O)[C@@H](N)Cc1ccc(O)c(O)c1)c1ncn[nH]1. The fourth-order valence-corrected chi connectivity index (χ4v) is 1.85. The minimum atomic E-state index is -0.778. The molecule has 2 atom stereocenters. The number of hydrogen-bond acceptors (Lipinski definition) is 6. The summed E-state index contributed by atoms with van der Waals surface area (Å²) in [6.07, 6.45) is 1.60. The number of phenols is 2. The minimum absolute atomic E-state index is 0.212. The number of amides is 1. The lowest BCUT2D eigenvalue weighted by Crippen LogP contribution is -2.43. The second-order valence-corrected chi connectivity index (χ2v) is 4.73. The number of aromatic amines is 1. The molecule has 1 amide bonds. The van der Waals surface area contributed by atoms with Crippen LogP contribution in [0.2, 0.25) is 0 Å². The third-order valence-corrected chi connectivity index (χ3v) is 3.03. The molecule has 0 saturated carbocycles. The summed E-state index contributed by atoms with van der Waals surface area (Å²) in [7, 11) is 0. The average molecular weight is 291 g/mol. The van der Waals surface area contributed by atoms with E-state index in [1.54, 1.807) is 13.0 Å². The molecule has 2 aromatic rings. The van der Waals surface area contributed by atoms with Gasteiger partial charge in [-0.3, -0.25) is 9.89 Å². The molecule has 1 aromatic carbocycles. The van der Waals surface area contributed by atoms with E-state index >= 15 is 0 Å². The van der Waals surface area contributed by atoms with Gasteiger partial charge in [-0.1, -0.05) is 6.07 Å². The lowest BCUT2D eigenvalue weighted by molar-refractivity contribution is -0.123. The zero-order chi connectivity index (χ0) is 15.4. The van der Waals surface area contributed by atoms with Crippen LogP contribution in [0.25, 0.3) is 0 Å². The number of carbonyl (C=O) groups excluding carboxylic acids is 1. The number of nitrogens with one attached hydrogen (secondary N) is 2. The number of aromatic hydroxyl groups is 2. The fourth-order valence-electron chi connectivity index (χ4n) is 1.85. The number of benzene rings is 1. The number of nitrogens with two attached hydrogens (primary N) is 1. The number of carbonyl (C=O) groups is 1. The molecular weight excluding hydrogens is 274 g/mol. The van der Waals surface area contributed by atoms with Crippen LogP contribution in [0.1, 0.15) is 24.4 Å². The fraction of sp³-hybridized carbons (Fsp3) is 0.308. The van der Waals surface area contributed by atoms with Crippen LogP contribution in [0.5, 0.6) is 11.5 Å². The highest BCUT2D eigenvalue weighted by Gasteiger charge is 2.18. The topological polar surface area (TPSA) is 137 Å². The van der Waals surface area contributed by atoms with Crippen molar-refractivity contribution in [2.24, 2.45) is 5.73 Å². The number of phenolic OH excluding ortho intramolecular Hbond substituents is 2. The molecular formula is C13H17N5O3. The second kappa shape index (κ2) is 6.23. The predicted octanol–water partition coefficient (Wildman–Crippen LogP) is -0.0369. The molecule has 112 valence electrons. The Labute approximate surface area is 121 Å².